The van der Waals surface area contributed by atoms with Crippen LogP contribution in [0.25, 0.3) is 59.3 Å². The van der Waals surface area contributed by atoms with E-state index in [1.807, 2.05) is 0 Å². The van der Waals surface area contributed by atoms with Gasteiger partial charge in [0.05, 0.1) is 64.3 Å². The highest BCUT2D eigenvalue weighted by Gasteiger charge is 2.68. The van der Waals surface area contributed by atoms with Crippen LogP contribution in [0.4, 0.5) is 222 Å². The van der Waals surface area contributed by atoms with Gasteiger partial charge >= 0.3 is 98.3 Å². The van der Waals surface area contributed by atoms with E-state index in [4.69, 9.17) is 0 Å². The average Bonchev–Trinajstić information content (AvgIpc) is 1.52. The van der Waals surface area contributed by atoms with Crippen LogP contribution >= 0.6 is 11.3 Å². The summed E-state index contributed by atoms with van der Waals surface area (Å²) in [7, 11) is -0.534. The summed E-state index contributed by atoms with van der Waals surface area (Å²) in [5.74, 6) is -56.8. The van der Waals surface area contributed by atoms with Gasteiger partial charge in [0.1, 0.15) is 97.5 Å². The number of halogens is 48. The number of hydrazone groups is 2. The number of hydrogen-bond donors (Lipinski definition) is 3. The summed E-state index contributed by atoms with van der Waals surface area (Å²) in [5, 5.41) is -15.9. The number of benzene rings is 6. The molecule has 4 aliphatic rings. The van der Waals surface area contributed by atoms with Gasteiger partial charge in [-0.1, -0.05) is 9.37 Å². The molecule has 0 saturated carbocycles. The van der Waals surface area contributed by atoms with E-state index in [1.54, 1.807) is 0 Å². The summed E-state index contributed by atoms with van der Waals surface area (Å²) in [6.07, 6.45) is -146. The minimum Gasteiger partial charge on any atom is -0.478 e. The van der Waals surface area contributed by atoms with Crippen molar-refractivity contribution in [2.75, 3.05) is 5.32 Å². The van der Waals surface area contributed by atoms with Gasteiger partial charge in [-0.25, -0.2) is 31.1 Å². The lowest BCUT2D eigenvalue weighted by Gasteiger charge is -2.29. The van der Waals surface area contributed by atoms with E-state index in [1.165, 1.54) is 10.9 Å². The molecule has 1 unspecified atom stereocenters. The van der Waals surface area contributed by atoms with E-state index in [9.17, 15) is 23.1 Å². The Morgan fingerprint density at radius 3 is 1.04 bits per heavy atom. The maximum Gasteiger partial charge on any atom is 0.434 e. The van der Waals surface area contributed by atoms with E-state index in [2.05, 4.69) is 43.4 Å². The second-order valence-corrected chi connectivity index (χ2v) is 28.6. The number of aliphatic carboxylic acids is 1. The van der Waals surface area contributed by atoms with Gasteiger partial charge in [0.25, 0.3) is 59.9 Å². The van der Waals surface area contributed by atoms with Crippen molar-refractivity contribution in [2.24, 2.45) is 29.1 Å². The molecular weight excluding hydrogens is 2000 g/mol. The summed E-state index contributed by atoms with van der Waals surface area (Å²) >= 11 is -1.23. The zero-order valence-electron chi connectivity index (χ0n) is 61.6. The molecule has 4 aliphatic heterocycles. The van der Waals surface area contributed by atoms with Gasteiger partial charge in [0.15, 0.2) is 11.3 Å². The highest BCUT2D eigenvalue weighted by atomic mass is 32.1. The molecule has 0 fully saturated rings. The number of nitrogens with one attached hydrogen (secondary N) is 2. The lowest BCUT2D eigenvalue weighted by atomic mass is 9.95. The molecule has 0 saturated heterocycles. The van der Waals surface area contributed by atoms with Gasteiger partial charge in [-0.2, -0.15) is 194 Å². The number of fused-ring (bicyclic) bond motifs is 19. The Labute approximate surface area is 696 Å². The lowest BCUT2D eigenvalue weighted by Crippen LogP contribution is -2.48. The minimum atomic E-state index is -7.53. The topological polar surface area (TPSA) is 170 Å². The van der Waals surface area contributed by atoms with E-state index in [0.29, 0.717) is 0 Å². The van der Waals surface area contributed by atoms with E-state index in [0.717, 1.165) is 0 Å². The largest absolute Gasteiger partial charge is 0.478 e. The Morgan fingerprint density at radius 2 is 0.699 bits per heavy atom. The van der Waals surface area contributed by atoms with Crippen LogP contribution in [0.2, 0.25) is 0 Å². The molecule has 7 heterocycles. The molecule has 66 heteroatoms. The first-order chi connectivity index (χ1) is 60.0. The van der Waals surface area contributed by atoms with Crippen LogP contribution in [0.1, 0.15) is 38.9 Å². The van der Waals surface area contributed by atoms with Crippen LogP contribution < -0.4 is 50.2 Å². The highest BCUT2D eigenvalue weighted by Crippen LogP contribution is 2.61. The van der Waals surface area contributed by atoms with E-state index < -0.39 is 416 Å². The summed E-state index contributed by atoms with van der Waals surface area (Å²) in [6.45, 7) is 0. The smallest absolute Gasteiger partial charge is 0.434 e. The van der Waals surface area contributed by atoms with E-state index in [-0.39, 0.29) is 7.05 Å². The molecule has 1 atom stereocenters. The number of aliphatic imine (C=N–C) groups is 1. The molecule has 13 rings (SSSR count). The molecule has 6 bridgehead atoms. The van der Waals surface area contributed by atoms with Crippen molar-refractivity contribution < 1.29 is 258 Å². The van der Waals surface area contributed by atoms with Crippen LogP contribution in [-0.4, -0.2) is 164 Å². The third-order valence-corrected chi connectivity index (χ3v) is 20.1. The predicted molar refractivity (Wildman–Crippen MR) is 341 cm³/mol. The minimum absolute atomic E-state index is 0.138. The van der Waals surface area contributed by atoms with E-state index >= 15 is 198 Å². The van der Waals surface area contributed by atoms with Gasteiger partial charge in [-0.05, 0) is 48.0 Å². The Bertz CT molecular complexity index is 6590. The molecule has 3 N–H and O–H groups in total. The molecule has 0 amide bonds. The number of rotatable bonds is 14. The molecule has 0 radical (unpaired) electrons. The molecule has 724 valence electrons. The van der Waals surface area contributed by atoms with Crippen molar-refractivity contribution in [1.82, 2.24) is 14.7 Å². The highest BCUT2D eigenvalue weighted by molar-refractivity contribution is 7.20. The summed E-state index contributed by atoms with van der Waals surface area (Å²) < 4.78 is 775. The average molecular weight is 2030 g/mol. The fraction of sp³-hybridized carbons (Fsp3) is 0.343. The van der Waals surface area contributed by atoms with Gasteiger partial charge in [-0.3, -0.25) is 4.57 Å². The SMILES string of the molecule is Cn1c2c3c(OC(C(F)(F)F)C(F)(F)F)c4c(F)ccc(F)c4c(OC(C(F)(F)F)C(F)(F)F)c3c1NC1c3c(c(OC(C(F)(F)F)C(F)(F)F)c4c(F)ccc(F)c4c3OC(C(F)(F)F)C(F)(F)F)C3=[N+]1N[N+]1=C(N=c4c5sc(C=C(C(=O)O)C(F)(F)F)c(C(F)(F)F)c5c(n4C)=N3)c3c(c(OC(C(F)(F)F)C(F)(F)F)c4c(F)ccc(F)c4c3OC(C(F)(F)F)C(F)(F)F)C1=N2. The first-order valence-electron chi connectivity index (χ1n) is 33.9. The number of anilines is 1. The van der Waals surface area contributed by atoms with Crippen LogP contribution in [-0.2, 0) is 25.1 Å². The number of hydrogen-bond acceptors (Lipinski definition) is 13. The molecule has 17 nitrogen and oxygen atoms in total. The normalized spacial score (nSPS) is 16.1. The second-order valence-electron chi connectivity index (χ2n) is 27.6. The summed E-state index contributed by atoms with van der Waals surface area (Å²) in [4.78, 5) is 20.4. The first kappa shape index (κ1) is 98.2. The fourth-order valence-electron chi connectivity index (χ4n) is 14.0. The number of nitrogens with zero attached hydrogens (tertiary/aromatic N) is 7. The molecule has 133 heavy (non-hydrogen) atoms. The van der Waals surface area contributed by atoms with Crippen LogP contribution in [0.3, 0.4) is 0 Å². The molecule has 3 aromatic heterocycles. The van der Waals surface area contributed by atoms with Crippen molar-refractivity contribution >= 4 is 106 Å². The Balaban J connectivity index is 1.50. The number of ether oxygens (including phenoxy) is 6. The molecule has 0 aliphatic carbocycles. The Kier molecular flexibility index (Phi) is 22.6. The van der Waals surface area contributed by atoms with Crippen molar-refractivity contribution in [3.8, 4) is 34.5 Å². The number of thiophene rings is 1. The van der Waals surface area contributed by atoms with Crippen LogP contribution in [0.15, 0.2) is 56.9 Å². The lowest BCUT2D eigenvalue weighted by molar-refractivity contribution is -0.786. The van der Waals surface area contributed by atoms with Crippen LogP contribution in [0.5, 0.6) is 34.5 Å². The third-order valence-electron chi connectivity index (χ3n) is 19.0. The number of amidine groups is 3. The Morgan fingerprint density at radius 1 is 0.391 bits per heavy atom. The van der Waals surface area contributed by atoms with Crippen molar-refractivity contribution in [1.29, 1.82) is 0 Å². The number of carboxylic acid groups (broad SMARTS) is 1. The molecular formula is C67H23F48N9O8S+2. The van der Waals surface area contributed by atoms with Crippen LogP contribution in [0, 0.1) is 34.9 Å². The van der Waals surface area contributed by atoms with Gasteiger partial charge in [0.2, 0.25) is 0 Å². The quantitative estimate of drug-likeness (QED) is 0.0541. The summed E-state index contributed by atoms with van der Waals surface area (Å²) in [5.41, 5.74) is -22.6. The number of alkyl halides is 42. The maximum atomic E-state index is 17.6. The maximum absolute atomic E-state index is 17.6. The number of carboxylic acids is 1. The van der Waals surface area contributed by atoms with Crippen molar-refractivity contribution in [3.05, 3.63) is 121 Å². The van der Waals surface area contributed by atoms with Crippen molar-refractivity contribution in [2.45, 2.75) is 129 Å². The number of carbonyl (C=O) groups is 1. The van der Waals surface area contributed by atoms with Gasteiger partial charge in [-0.15, -0.1) is 11.3 Å². The standard InChI is InChI=1S/C67H21F48N9O8S/c1-121-39-24-25(33(128-49(58(86,87)88)59(89,90)91)19-12(69)4-3-11(68)18(19)32(24)127-48(56(80,81)82)57(83,84)85)40(121)117-43-28-29(37(132-53(66(110,111)112)67(113,114)115)23-16(73)8-7-15(72)22(23)36(28)131-52(64(104,105)106)65(107,108)109)45-119-46-38-30(31(55(77,78)79)17(133-38)9-10(47(125)126)54(74,75)76)41(122(46)2)118-44-27-26(42(116-39)123(44)120-124(43)45)34(129-50(60(92,93)94)61(95,96)97)20-13(70)5-6-14(71)21(20)35(27)130-51(62(98,99)100)63(101,102)103/h3-9,42,48-53H,1-2H3,(H-,116,119,120,125,126)/p+2. The van der Waals surface area contributed by atoms with Crippen molar-refractivity contribution in [3.63, 3.8) is 0 Å². The molecule has 6 aromatic carbocycles. The fourth-order valence-corrected chi connectivity index (χ4v) is 15.3. The number of hydrazine groups is 2. The molecule has 9 aromatic rings. The number of aromatic nitrogens is 2. The van der Waals surface area contributed by atoms with Gasteiger partial charge < -0.3 is 43.4 Å². The first-order valence-corrected chi connectivity index (χ1v) is 34.7. The molecule has 0 spiro atoms. The monoisotopic (exact) mass is 2030 g/mol. The summed E-state index contributed by atoms with van der Waals surface area (Å²) in [6, 6.07) is -4.20. The third kappa shape index (κ3) is 16.8. The predicted octanol–water partition coefficient (Wildman–Crippen LogP) is 21.4. The van der Waals surface area contributed by atoms with Gasteiger partial charge in [0, 0.05) is 24.0 Å². The Hall–Kier alpha value is -12.3. The zero-order chi connectivity index (χ0) is 100. The second kappa shape index (κ2) is 30.6. The zero-order valence-corrected chi connectivity index (χ0v) is 62.4.